The standard InChI is InChI=1S/C24H24N4O/c1-3-19(16-25-4-2)20-9-11-23(12-10-20)28-24(29)15-18-5-7-21(8-6-18)22-13-14-26-27-17-22/h3,5-14,16-17H,4,15H2,1-2H3,(H,28,29)/b19-3+,25-16?. The summed E-state index contributed by atoms with van der Waals surface area (Å²) in [6.45, 7) is 4.75. The van der Waals surface area contributed by atoms with Crippen LogP contribution in [0.3, 0.4) is 0 Å². The molecule has 5 nitrogen and oxygen atoms in total. The molecule has 0 aliphatic rings. The molecule has 0 radical (unpaired) electrons. The van der Waals surface area contributed by atoms with E-state index in [0.717, 1.165) is 40.1 Å². The fourth-order valence-corrected chi connectivity index (χ4v) is 2.92. The van der Waals surface area contributed by atoms with Gasteiger partial charge in [0.25, 0.3) is 0 Å². The fourth-order valence-electron chi connectivity index (χ4n) is 2.92. The summed E-state index contributed by atoms with van der Waals surface area (Å²) in [6, 6.07) is 17.6. The number of allylic oxidation sites excluding steroid dienone is 2. The molecular weight excluding hydrogens is 360 g/mol. The van der Waals surface area contributed by atoms with Crippen molar-refractivity contribution in [1.82, 2.24) is 10.2 Å². The van der Waals surface area contributed by atoms with E-state index in [2.05, 4.69) is 20.5 Å². The first kappa shape index (κ1) is 20.1. The molecule has 5 heteroatoms. The highest BCUT2D eigenvalue weighted by Crippen LogP contribution is 2.19. The molecular formula is C24H24N4O. The van der Waals surface area contributed by atoms with Crippen molar-refractivity contribution in [3.8, 4) is 11.1 Å². The van der Waals surface area contributed by atoms with E-state index < -0.39 is 0 Å². The van der Waals surface area contributed by atoms with Crippen LogP contribution in [0.25, 0.3) is 16.7 Å². The van der Waals surface area contributed by atoms with Crippen LogP contribution in [-0.4, -0.2) is 28.9 Å². The number of carbonyl (C=O) groups excluding carboxylic acids is 1. The summed E-state index contributed by atoms with van der Waals surface area (Å²) in [6.07, 6.45) is 7.61. The average molecular weight is 384 g/mol. The average Bonchev–Trinajstić information content (AvgIpc) is 2.76. The lowest BCUT2D eigenvalue weighted by Crippen LogP contribution is -2.14. The Morgan fingerprint density at radius 1 is 1.00 bits per heavy atom. The van der Waals surface area contributed by atoms with Crippen LogP contribution in [0.4, 0.5) is 5.69 Å². The number of aliphatic imine (C=N–C) groups is 1. The van der Waals surface area contributed by atoms with E-state index >= 15 is 0 Å². The molecule has 0 aliphatic carbocycles. The molecule has 1 N–H and O–H groups in total. The predicted molar refractivity (Wildman–Crippen MR) is 119 cm³/mol. The van der Waals surface area contributed by atoms with Gasteiger partial charge in [0.1, 0.15) is 0 Å². The number of hydrogen-bond donors (Lipinski definition) is 1. The molecule has 146 valence electrons. The number of hydrogen-bond acceptors (Lipinski definition) is 4. The van der Waals surface area contributed by atoms with Gasteiger partial charge in [0.05, 0.1) is 18.8 Å². The number of rotatable bonds is 7. The van der Waals surface area contributed by atoms with Crippen LogP contribution in [0.2, 0.25) is 0 Å². The van der Waals surface area contributed by atoms with Crippen molar-refractivity contribution in [2.45, 2.75) is 20.3 Å². The van der Waals surface area contributed by atoms with Gasteiger partial charge in [0.2, 0.25) is 5.91 Å². The van der Waals surface area contributed by atoms with Gasteiger partial charge in [-0.2, -0.15) is 10.2 Å². The summed E-state index contributed by atoms with van der Waals surface area (Å²) in [5.41, 5.74) is 5.92. The predicted octanol–water partition coefficient (Wildman–Crippen LogP) is 4.82. The summed E-state index contributed by atoms with van der Waals surface area (Å²) >= 11 is 0. The molecule has 1 amide bonds. The third-order valence-electron chi connectivity index (χ3n) is 4.46. The Labute approximate surface area is 171 Å². The molecule has 0 bridgehead atoms. The van der Waals surface area contributed by atoms with E-state index in [1.165, 1.54) is 0 Å². The summed E-state index contributed by atoms with van der Waals surface area (Å²) in [7, 11) is 0. The minimum Gasteiger partial charge on any atom is -0.326 e. The van der Waals surface area contributed by atoms with Crippen molar-refractivity contribution in [2.75, 3.05) is 11.9 Å². The molecule has 0 fully saturated rings. The zero-order valence-corrected chi connectivity index (χ0v) is 16.7. The minimum atomic E-state index is -0.0464. The van der Waals surface area contributed by atoms with Gasteiger partial charge in [-0.05, 0) is 54.3 Å². The molecule has 0 saturated heterocycles. The second kappa shape index (κ2) is 10.1. The second-order valence-corrected chi connectivity index (χ2v) is 6.50. The summed E-state index contributed by atoms with van der Waals surface area (Å²) < 4.78 is 0. The zero-order valence-electron chi connectivity index (χ0n) is 16.7. The Balaban J connectivity index is 1.60. The highest BCUT2D eigenvalue weighted by atomic mass is 16.1. The van der Waals surface area contributed by atoms with Crippen LogP contribution in [0.5, 0.6) is 0 Å². The van der Waals surface area contributed by atoms with Crippen LogP contribution in [0.15, 0.2) is 78.1 Å². The Kier molecular flexibility index (Phi) is 7.00. The van der Waals surface area contributed by atoms with Gasteiger partial charge in [-0.15, -0.1) is 0 Å². The fraction of sp³-hybridized carbons (Fsp3) is 0.167. The number of nitrogens with zero attached hydrogens (tertiary/aromatic N) is 3. The largest absolute Gasteiger partial charge is 0.326 e. The normalized spacial score (nSPS) is 11.6. The maximum Gasteiger partial charge on any atom is 0.228 e. The van der Waals surface area contributed by atoms with Crippen LogP contribution >= 0.6 is 0 Å². The third-order valence-corrected chi connectivity index (χ3v) is 4.46. The first-order valence-electron chi connectivity index (χ1n) is 9.62. The zero-order chi connectivity index (χ0) is 20.5. The van der Waals surface area contributed by atoms with Crippen molar-refractivity contribution >= 4 is 23.4 Å². The van der Waals surface area contributed by atoms with Crippen LogP contribution < -0.4 is 5.32 Å². The monoisotopic (exact) mass is 384 g/mol. The quantitative estimate of drug-likeness (QED) is 0.594. The van der Waals surface area contributed by atoms with Gasteiger partial charge < -0.3 is 5.32 Å². The van der Waals surface area contributed by atoms with Gasteiger partial charge in [0.15, 0.2) is 0 Å². The van der Waals surface area contributed by atoms with Crippen molar-refractivity contribution < 1.29 is 4.79 Å². The van der Waals surface area contributed by atoms with Crippen molar-refractivity contribution in [3.63, 3.8) is 0 Å². The number of anilines is 1. The lowest BCUT2D eigenvalue weighted by atomic mass is 10.0. The first-order chi connectivity index (χ1) is 14.2. The maximum absolute atomic E-state index is 12.4. The van der Waals surface area contributed by atoms with Crippen LogP contribution in [0.1, 0.15) is 25.0 Å². The van der Waals surface area contributed by atoms with Gasteiger partial charge in [-0.1, -0.05) is 42.5 Å². The highest BCUT2D eigenvalue weighted by Gasteiger charge is 2.06. The Morgan fingerprint density at radius 3 is 2.38 bits per heavy atom. The van der Waals surface area contributed by atoms with E-state index in [4.69, 9.17) is 0 Å². The van der Waals surface area contributed by atoms with E-state index in [9.17, 15) is 4.79 Å². The highest BCUT2D eigenvalue weighted by molar-refractivity contribution is 6.09. The van der Waals surface area contributed by atoms with Gasteiger partial charge in [-0.25, -0.2) is 0 Å². The van der Waals surface area contributed by atoms with E-state index in [-0.39, 0.29) is 5.91 Å². The first-order valence-corrected chi connectivity index (χ1v) is 9.62. The van der Waals surface area contributed by atoms with Crippen LogP contribution in [0, 0.1) is 0 Å². The Hall–Kier alpha value is -3.60. The Bertz CT molecular complexity index is 991. The molecule has 0 spiro atoms. The molecule has 1 aromatic heterocycles. The number of carbonyl (C=O) groups is 1. The third kappa shape index (κ3) is 5.69. The maximum atomic E-state index is 12.4. The van der Waals surface area contributed by atoms with E-state index in [1.807, 2.05) is 80.7 Å². The number of amides is 1. The lowest BCUT2D eigenvalue weighted by molar-refractivity contribution is -0.115. The topological polar surface area (TPSA) is 67.2 Å². The van der Waals surface area contributed by atoms with E-state index in [0.29, 0.717) is 6.42 Å². The van der Waals surface area contributed by atoms with Crippen LogP contribution in [-0.2, 0) is 11.2 Å². The number of benzene rings is 2. The molecule has 0 saturated carbocycles. The molecule has 3 rings (SSSR count). The minimum absolute atomic E-state index is 0.0464. The van der Waals surface area contributed by atoms with E-state index in [1.54, 1.807) is 12.4 Å². The molecule has 2 aromatic carbocycles. The number of nitrogens with one attached hydrogen (secondary N) is 1. The molecule has 0 atom stereocenters. The Morgan fingerprint density at radius 2 is 1.76 bits per heavy atom. The molecule has 0 aliphatic heterocycles. The van der Waals surface area contributed by atoms with Crippen molar-refractivity contribution in [3.05, 3.63) is 84.2 Å². The van der Waals surface area contributed by atoms with Crippen molar-refractivity contribution in [1.29, 1.82) is 0 Å². The molecule has 0 unspecified atom stereocenters. The summed E-state index contributed by atoms with van der Waals surface area (Å²) in [5.74, 6) is -0.0464. The second-order valence-electron chi connectivity index (χ2n) is 6.50. The van der Waals surface area contributed by atoms with Gasteiger partial charge >= 0.3 is 0 Å². The van der Waals surface area contributed by atoms with Gasteiger partial charge in [-0.3, -0.25) is 9.79 Å². The molecule has 3 aromatic rings. The lowest BCUT2D eigenvalue weighted by Gasteiger charge is -2.08. The number of aromatic nitrogens is 2. The SMILES string of the molecule is C/C=C(\C=NCC)c1ccc(NC(=O)Cc2ccc(-c3ccnnc3)cc2)cc1. The smallest absolute Gasteiger partial charge is 0.228 e. The molecule has 1 heterocycles. The van der Waals surface area contributed by atoms with Gasteiger partial charge in [0, 0.05) is 24.0 Å². The summed E-state index contributed by atoms with van der Waals surface area (Å²) in [4.78, 5) is 16.7. The molecule has 29 heavy (non-hydrogen) atoms. The summed E-state index contributed by atoms with van der Waals surface area (Å²) in [5, 5.41) is 10.6. The van der Waals surface area contributed by atoms with Crippen molar-refractivity contribution in [2.24, 2.45) is 4.99 Å².